The van der Waals surface area contributed by atoms with E-state index in [9.17, 15) is 9.59 Å². The molecule has 0 saturated heterocycles. The predicted octanol–water partition coefficient (Wildman–Crippen LogP) is 1.74. The Hall–Kier alpha value is -2.66. The number of hydrogen-bond acceptors (Lipinski definition) is 3. The van der Waals surface area contributed by atoms with Gasteiger partial charge in [-0.25, -0.2) is 0 Å². The summed E-state index contributed by atoms with van der Waals surface area (Å²) in [5, 5.41) is 0. The highest BCUT2D eigenvalue weighted by molar-refractivity contribution is 6.52. The van der Waals surface area contributed by atoms with Gasteiger partial charge in [0.15, 0.2) is 6.67 Å². The van der Waals surface area contributed by atoms with Crippen LogP contribution in [0.25, 0.3) is 0 Å². The second kappa shape index (κ2) is 6.57. The molecular weight excluding hydrogens is 328 g/mol. The van der Waals surface area contributed by atoms with E-state index in [0.29, 0.717) is 18.3 Å². The lowest BCUT2D eigenvalue weighted by molar-refractivity contribution is -0.923. The summed E-state index contributed by atoms with van der Waals surface area (Å²) in [7, 11) is 1.66. The number of ketones is 1. The molecule has 0 aromatic heterocycles. The number of nitrogens with one attached hydrogen (secondary N) is 1. The lowest BCUT2D eigenvalue weighted by Crippen LogP contribution is -3.13. The molecule has 2 aliphatic rings. The van der Waals surface area contributed by atoms with Crippen LogP contribution in [0.4, 0.5) is 5.69 Å². The first kappa shape index (κ1) is 16.8. The summed E-state index contributed by atoms with van der Waals surface area (Å²) < 4.78 is 5.22. The molecule has 1 heterocycles. The molecule has 134 valence electrons. The first-order valence-corrected chi connectivity index (χ1v) is 9.01. The van der Waals surface area contributed by atoms with Gasteiger partial charge in [0.25, 0.3) is 5.78 Å². The summed E-state index contributed by atoms with van der Waals surface area (Å²) >= 11 is 0. The SMILES string of the molecule is COc1ccc(C[NH+](CN2C(=O)C(=O)c3cc(C)ccc32)C2CC2)cc1. The van der Waals surface area contributed by atoms with Crippen molar-refractivity contribution in [3.8, 4) is 5.75 Å². The van der Waals surface area contributed by atoms with Gasteiger partial charge >= 0.3 is 5.91 Å². The van der Waals surface area contributed by atoms with Crippen molar-refractivity contribution < 1.29 is 19.2 Å². The third kappa shape index (κ3) is 3.10. The molecule has 1 saturated carbocycles. The van der Waals surface area contributed by atoms with Crippen molar-refractivity contribution in [2.75, 3.05) is 18.7 Å². The Balaban J connectivity index is 1.55. The Labute approximate surface area is 153 Å². The fourth-order valence-electron chi connectivity index (χ4n) is 3.60. The second-order valence-electron chi connectivity index (χ2n) is 7.20. The number of rotatable bonds is 6. The average Bonchev–Trinajstić information content (AvgIpc) is 3.47. The van der Waals surface area contributed by atoms with Gasteiger partial charge in [0.05, 0.1) is 24.4 Å². The van der Waals surface area contributed by atoms with Crippen molar-refractivity contribution in [3.63, 3.8) is 0 Å². The zero-order valence-electron chi connectivity index (χ0n) is 15.1. The number of carbonyl (C=O) groups is 2. The van der Waals surface area contributed by atoms with E-state index in [1.807, 2.05) is 37.3 Å². The molecule has 1 amide bonds. The molecule has 2 aromatic rings. The van der Waals surface area contributed by atoms with Crippen LogP contribution in [0.1, 0.15) is 34.3 Å². The van der Waals surface area contributed by atoms with Gasteiger partial charge in [0.2, 0.25) is 0 Å². The van der Waals surface area contributed by atoms with E-state index < -0.39 is 5.91 Å². The maximum absolute atomic E-state index is 12.5. The highest BCUT2D eigenvalue weighted by Gasteiger charge is 2.41. The van der Waals surface area contributed by atoms with Gasteiger partial charge in [-0.15, -0.1) is 0 Å². The van der Waals surface area contributed by atoms with Crippen LogP contribution in [0.3, 0.4) is 0 Å². The smallest absolute Gasteiger partial charge is 0.303 e. The molecule has 1 atom stereocenters. The third-order valence-electron chi connectivity index (χ3n) is 5.23. The number of Topliss-reactive ketones (excluding diaryl/α,β-unsaturated/α-hetero) is 1. The van der Waals surface area contributed by atoms with Crippen LogP contribution in [-0.2, 0) is 11.3 Å². The predicted molar refractivity (Wildman–Crippen MR) is 98.5 cm³/mol. The van der Waals surface area contributed by atoms with Crippen molar-refractivity contribution in [2.24, 2.45) is 0 Å². The first-order chi connectivity index (χ1) is 12.6. The van der Waals surface area contributed by atoms with Crippen LogP contribution in [0.5, 0.6) is 5.75 Å². The molecule has 4 rings (SSSR count). The average molecular weight is 351 g/mol. The van der Waals surface area contributed by atoms with Crippen LogP contribution in [0.2, 0.25) is 0 Å². The standard InChI is InChI=1S/C21H22N2O3/c1-14-3-10-19-18(11-14)20(24)21(25)23(19)13-22(16-6-7-16)12-15-4-8-17(26-2)9-5-15/h3-5,8-11,16H,6-7,12-13H2,1-2H3/p+1. The summed E-state index contributed by atoms with van der Waals surface area (Å²) in [6.45, 7) is 3.29. The number of amides is 1. The van der Waals surface area contributed by atoms with Gasteiger partial charge in [-0.2, -0.15) is 0 Å². The van der Waals surface area contributed by atoms with Gasteiger partial charge in [-0.05, 0) is 43.3 Å². The Morgan fingerprint density at radius 1 is 1.12 bits per heavy atom. The number of methoxy groups -OCH3 is 1. The summed E-state index contributed by atoms with van der Waals surface area (Å²) in [6.07, 6.45) is 2.34. The van der Waals surface area contributed by atoms with Crippen molar-refractivity contribution >= 4 is 17.4 Å². The molecule has 26 heavy (non-hydrogen) atoms. The number of benzene rings is 2. The Bertz CT molecular complexity index is 856. The molecule has 0 radical (unpaired) electrons. The van der Waals surface area contributed by atoms with Crippen LogP contribution in [-0.4, -0.2) is 31.5 Å². The Morgan fingerprint density at radius 3 is 2.50 bits per heavy atom. The third-order valence-corrected chi connectivity index (χ3v) is 5.23. The molecule has 5 nitrogen and oxygen atoms in total. The highest BCUT2D eigenvalue weighted by atomic mass is 16.5. The van der Waals surface area contributed by atoms with Gasteiger partial charge in [-0.3, -0.25) is 14.5 Å². The minimum Gasteiger partial charge on any atom is -0.497 e. The summed E-state index contributed by atoms with van der Waals surface area (Å²) in [4.78, 5) is 27.9. The van der Waals surface area contributed by atoms with E-state index in [1.54, 1.807) is 12.0 Å². The molecule has 0 spiro atoms. The number of carbonyl (C=O) groups excluding carboxylic acids is 2. The minimum absolute atomic E-state index is 0.386. The molecule has 1 fully saturated rings. The summed E-state index contributed by atoms with van der Waals surface area (Å²) in [6, 6.07) is 14.3. The molecule has 1 aliphatic carbocycles. The number of hydrogen-bond donors (Lipinski definition) is 1. The number of aryl methyl sites for hydroxylation is 1. The van der Waals surface area contributed by atoms with Crippen molar-refractivity contribution in [3.05, 3.63) is 59.2 Å². The van der Waals surface area contributed by atoms with Crippen LogP contribution in [0.15, 0.2) is 42.5 Å². The monoisotopic (exact) mass is 351 g/mol. The van der Waals surface area contributed by atoms with Crippen LogP contribution in [0, 0.1) is 6.92 Å². The maximum atomic E-state index is 12.5. The minimum atomic E-state index is -0.404. The zero-order valence-corrected chi connectivity index (χ0v) is 15.1. The van der Waals surface area contributed by atoms with Crippen molar-refractivity contribution in [2.45, 2.75) is 32.4 Å². The van der Waals surface area contributed by atoms with Gasteiger partial charge in [0, 0.05) is 18.4 Å². The Kier molecular flexibility index (Phi) is 4.24. The van der Waals surface area contributed by atoms with Gasteiger partial charge in [-0.1, -0.05) is 11.6 Å². The molecular formula is C21H23N2O3+. The van der Waals surface area contributed by atoms with Crippen molar-refractivity contribution in [1.82, 2.24) is 0 Å². The van der Waals surface area contributed by atoms with Crippen molar-refractivity contribution in [1.29, 1.82) is 0 Å². The maximum Gasteiger partial charge on any atom is 0.303 e. The number of nitrogens with zero attached hydrogens (tertiary/aromatic N) is 1. The molecule has 1 unspecified atom stereocenters. The normalized spacial score (nSPS) is 17.4. The van der Waals surface area contributed by atoms with E-state index in [1.165, 1.54) is 23.3 Å². The first-order valence-electron chi connectivity index (χ1n) is 9.01. The zero-order chi connectivity index (χ0) is 18.3. The number of anilines is 1. The highest BCUT2D eigenvalue weighted by Crippen LogP contribution is 2.29. The second-order valence-corrected chi connectivity index (χ2v) is 7.20. The lowest BCUT2D eigenvalue weighted by atomic mass is 10.1. The van der Waals surface area contributed by atoms with E-state index in [0.717, 1.165) is 23.5 Å². The van der Waals surface area contributed by atoms with E-state index in [4.69, 9.17) is 4.74 Å². The summed E-state index contributed by atoms with van der Waals surface area (Å²) in [5.41, 5.74) is 3.49. The molecule has 1 N–H and O–H groups in total. The quantitative estimate of drug-likeness (QED) is 0.807. The van der Waals surface area contributed by atoms with Gasteiger partial charge in [0.1, 0.15) is 12.3 Å². The number of fused-ring (bicyclic) bond motifs is 1. The van der Waals surface area contributed by atoms with Crippen LogP contribution >= 0.6 is 0 Å². The molecule has 0 bridgehead atoms. The van der Waals surface area contributed by atoms with E-state index >= 15 is 0 Å². The number of ether oxygens (including phenoxy) is 1. The van der Waals surface area contributed by atoms with E-state index in [-0.39, 0.29) is 5.78 Å². The molecule has 2 aromatic carbocycles. The van der Waals surface area contributed by atoms with Gasteiger partial charge < -0.3 is 9.64 Å². The molecule has 5 heteroatoms. The fraction of sp³-hybridized carbons (Fsp3) is 0.333. The lowest BCUT2D eigenvalue weighted by Gasteiger charge is -2.25. The van der Waals surface area contributed by atoms with Crippen LogP contribution < -0.4 is 14.5 Å². The topological polar surface area (TPSA) is 51.1 Å². The summed E-state index contributed by atoms with van der Waals surface area (Å²) in [5.74, 6) is 0.0492. The fourth-order valence-corrected chi connectivity index (χ4v) is 3.60. The van der Waals surface area contributed by atoms with E-state index in [2.05, 4.69) is 12.1 Å². The number of quaternary nitrogens is 1. The molecule has 1 aliphatic heterocycles. The Morgan fingerprint density at radius 2 is 1.85 bits per heavy atom. The largest absolute Gasteiger partial charge is 0.497 e.